The normalized spacial score (nSPS) is 11.6. The van der Waals surface area contributed by atoms with E-state index in [0.717, 1.165) is 21.8 Å². The third-order valence-corrected chi connectivity index (χ3v) is 3.77. The third-order valence-electron chi connectivity index (χ3n) is 3.77. The number of nitrogens with zero attached hydrogens (tertiary/aromatic N) is 1. The maximum atomic E-state index is 12.3. The zero-order valence-electron chi connectivity index (χ0n) is 14.4. The molecule has 2 aromatic rings. The van der Waals surface area contributed by atoms with Crippen LogP contribution in [0.25, 0.3) is 0 Å². The maximum Gasteiger partial charge on any atom is 0.281 e. The van der Waals surface area contributed by atoms with E-state index in [1.807, 2.05) is 68.6 Å². The average Bonchev–Trinajstić information content (AvgIpc) is 2.56. The Hall–Kier alpha value is -2.66. The highest BCUT2D eigenvalue weighted by atomic mass is 16.2. The van der Waals surface area contributed by atoms with Gasteiger partial charge >= 0.3 is 0 Å². The number of quaternary nitrogens is 1. The molecule has 0 aliphatic rings. The molecule has 0 bridgehead atoms. The number of carbonyl (C=O) groups is 2. The number of likely N-dealkylation sites (N-methyl/N-ethyl adjacent to an activating group) is 2. The van der Waals surface area contributed by atoms with Crippen molar-refractivity contribution in [2.45, 2.75) is 6.92 Å². The number of rotatable bonds is 6. The summed E-state index contributed by atoms with van der Waals surface area (Å²) in [5.41, 5.74) is 2.76. The average molecular weight is 326 g/mol. The highest BCUT2D eigenvalue weighted by molar-refractivity contribution is 5.94. The lowest BCUT2D eigenvalue weighted by Gasteiger charge is -2.20. The first-order valence-electron chi connectivity index (χ1n) is 7.95. The van der Waals surface area contributed by atoms with Crippen LogP contribution in [0.2, 0.25) is 0 Å². The van der Waals surface area contributed by atoms with Crippen molar-refractivity contribution in [1.82, 2.24) is 0 Å². The summed E-state index contributed by atoms with van der Waals surface area (Å²) in [4.78, 5) is 26.8. The number of anilines is 2. The molecule has 0 radical (unpaired) electrons. The Bertz CT molecular complexity index is 684. The monoisotopic (exact) mass is 326 g/mol. The molecule has 126 valence electrons. The molecule has 0 aromatic heterocycles. The van der Waals surface area contributed by atoms with Crippen molar-refractivity contribution in [3.8, 4) is 0 Å². The molecule has 1 unspecified atom stereocenters. The molecule has 0 spiro atoms. The van der Waals surface area contributed by atoms with E-state index in [1.54, 1.807) is 11.9 Å². The first-order valence-corrected chi connectivity index (χ1v) is 7.95. The molecule has 5 nitrogen and oxygen atoms in total. The summed E-state index contributed by atoms with van der Waals surface area (Å²) in [6.07, 6.45) is 0. The standard InChI is InChI=1S/C19H23N3O2/c1-15-9-11-16(12-10-15)20-18(23)13-21(2)14-19(24)22(3)17-7-5-4-6-8-17/h4-12H,13-14H2,1-3H3,(H,20,23)/p+1. The number of hydrogen-bond acceptors (Lipinski definition) is 2. The zero-order valence-corrected chi connectivity index (χ0v) is 14.4. The molecule has 0 aliphatic carbocycles. The van der Waals surface area contributed by atoms with E-state index < -0.39 is 0 Å². The zero-order chi connectivity index (χ0) is 17.5. The van der Waals surface area contributed by atoms with E-state index in [-0.39, 0.29) is 24.9 Å². The number of carbonyl (C=O) groups excluding carboxylic acids is 2. The van der Waals surface area contributed by atoms with Crippen LogP contribution in [0.5, 0.6) is 0 Å². The minimum atomic E-state index is -0.105. The molecule has 1 atom stereocenters. The second-order valence-corrected chi connectivity index (χ2v) is 6.01. The summed E-state index contributed by atoms with van der Waals surface area (Å²) in [7, 11) is 3.59. The van der Waals surface area contributed by atoms with Crippen molar-refractivity contribution in [3.05, 3.63) is 60.2 Å². The maximum absolute atomic E-state index is 12.3. The van der Waals surface area contributed by atoms with Gasteiger partial charge in [-0.2, -0.15) is 0 Å². The van der Waals surface area contributed by atoms with Crippen LogP contribution in [0.1, 0.15) is 5.56 Å². The largest absolute Gasteiger partial charge is 0.322 e. The van der Waals surface area contributed by atoms with Crippen LogP contribution in [0.15, 0.2) is 54.6 Å². The highest BCUT2D eigenvalue weighted by Gasteiger charge is 2.18. The smallest absolute Gasteiger partial charge is 0.281 e. The van der Waals surface area contributed by atoms with Gasteiger partial charge in [0.2, 0.25) is 0 Å². The van der Waals surface area contributed by atoms with Gasteiger partial charge in [-0.3, -0.25) is 9.59 Å². The van der Waals surface area contributed by atoms with Gasteiger partial charge < -0.3 is 15.1 Å². The number of aryl methyl sites for hydroxylation is 1. The number of nitrogens with one attached hydrogen (secondary N) is 2. The predicted molar refractivity (Wildman–Crippen MR) is 96.3 cm³/mol. The van der Waals surface area contributed by atoms with Gasteiger partial charge in [0.15, 0.2) is 13.1 Å². The van der Waals surface area contributed by atoms with E-state index in [1.165, 1.54) is 0 Å². The summed E-state index contributed by atoms with van der Waals surface area (Å²) in [5.74, 6) is -0.131. The van der Waals surface area contributed by atoms with Crippen molar-refractivity contribution in [2.24, 2.45) is 0 Å². The van der Waals surface area contributed by atoms with Crippen molar-refractivity contribution in [3.63, 3.8) is 0 Å². The Balaban J connectivity index is 1.83. The quantitative estimate of drug-likeness (QED) is 0.836. The molecule has 0 aliphatic heterocycles. The van der Waals surface area contributed by atoms with Crippen molar-refractivity contribution in [2.75, 3.05) is 37.4 Å². The molecule has 2 aromatic carbocycles. The van der Waals surface area contributed by atoms with Gasteiger partial charge in [-0.25, -0.2) is 0 Å². The Morgan fingerprint density at radius 2 is 1.62 bits per heavy atom. The topological polar surface area (TPSA) is 53.9 Å². The lowest BCUT2D eigenvalue weighted by molar-refractivity contribution is -0.862. The molecular weight excluding hydrogens is 302 g/mol. The van der Waals surface area contributed by atoms with Gasteiger partial charge in [-0.1, -0.05) is 35.9 Å². The Labute approximate surface area is 142 Å². The molecule has 5 heteroatoms. The van der Waals surface area contributed by atoms with E-state index in [0.29, 0.717) is 0 Å². The van der Waals surface area contributed by atoms with Crippen LogP contribution in [-0.2, 0) is 9.59 Å². The van der Waals surface area contributed by atoms with Crippen LogP contribution in [0.3, 0.4) is 0 Å². The number of amides is 2. The van der Waals surface area contributed by atoms with Crippen molar-refractivity contribution in [1.29, 1.82) is 0 Å². The van der Waals surface area contributed by atoms with E-state index in [2.05, 4.69) is 5.32 Å². The van der Waals surface area contributed by atoms with Crippen LogP contribution in [0.4, 0.5) is 11.4 Å². The minimum absolute atomic E-state index is 0.0261. The van der Waals surface area contributed by atoms with Crippen LogP contribution in [-0.4, -0.2) is 39.0 Å². The second kappa shape index (κ2) is 8.26. The van der Waals surface area contributed by atoms with Crippen molar-refractivity contribution < 1.29 is 14.5 Å². The number of para-hydroxylation sites is 1. The Morgan fingerprint density at radius 3 is 2.25 bits per heavy atom. The van der Waals surface area contributed by atoms with Gasteiger partial charge in [0, 0.05) is 18.4 Å². The van der Waals surface area contributed by atoms with E-state index >= 15 is 0 Å². The van der Waals surface area contributed by atoms with Crippen LogP contribution >= 0.6 is 0 Å². The molecule has 2 rings (SSSR count). The van der Waals surface area contributed by atoms with Gasteiger partial charge in [0.1, 0.15) is 0 Å². The summed E-state index contributed by atoms with van der Waals surface area (Å²) in [5, 5.41) is 2.85. The van der Waals surface area contributed by atoms with Crippen molar-refractivity contribution >= 4 is 23.2 Å². The lowest BCUT2D eigenvalue weighted by atomic mass is 10.2. The van der Waals surface area contributed by atoms with E-state index in [9.17, 15) is 9.59 Å². The molecule has 0 saturated heterocycles. The van der Waals surface area contributed by atoms with Gasteiger partial charge in [0.25, 0.3) is 11.8 Å². The van der Waals surface area contributed by atoms with E-state index in [4.69, 9.17) is 0 Å². The van der Waals surface area contributed by atoms with Crippen LogP contribution < -0.4 is 15.1 Å². The highest BCUT2D eigenvalue weighted by Crippen LogP contribution is 2.10. The van der Waals surface area contributed by atoms with Crippen LogP contribution in [0, 0.1) is 6.92 Å². The SMILES string of the molecule is Cc1ccc(NC(=O)C[NH+](C)CC(=O)N(C)c2ccccc2)cc1. The molecule has 0 fully saturated rings. The van der Waals surface area contributed by atoms with Gasteiger partial charge in [-0.05, 0) is 31.2 Å². The molecule has 0 saturated carbocycles. The fourth-order valence-electron chi connectivity index (χ4n) is 2.35. The third kappa shape index (κ3) is 5.21. The molecular formula is C19H24N3O2+. The molecule has 2 N–H and O–H groups in total. The van der Waals surface area contributed by atoms with Gasteiger partial charge in [-0.15, -0.1) is 0 Å². The Kier molecular flexibility index (Phi) is 6.09. The summed E-state index contributed by atoms with van der Waals surface area (Å²) < 4.78 is 0. The second-order valence-electron chi connectivity index (χ2n) is 6.01. The molecule has 2 amide bonds. The fraction of sp³-hybridized carbons (Fsp3) is 0.263. The first kappa shape index (κ1) is 17.7. The lowest BCUT2D eigenvalue weighted by Crippen LogP contribution is -3.11. The molecule has 24 heavy (non-hydrogen) atoms. The Morgan fingerprint density at radius 1 is 1.00 bits per heavy atom. The first-order chi connectivity index (χ1) is 11.5. The molecule has 0 heterocycles. The number of benzene rings is 2. The summed E-state index contributed by atoms with van der Waals surface area (Å²) in [6, 6.07) is 17.1. The fourth-order valence-corrected chi connectivity index (χ4v) is 2.35. The number of hydrogen-bond donors (Lipinski definition) is 2. The predicted octanol–water partition coefficient (Wildman–Crippen LogP) is 1.11. The van der Waals surface area contributed by atoms with Gasteiger partial charge in [0.05, 0.1) is 7.05 Å². The summed E-state index contributed by atoms with van der Waals surface area (Å²) in [6.45, 7) is 2.49. The summed E-state index contributed by atoms with van der Waals surface area (Å²) >= 11 is 0. The minimum Gasteiger partial charge on any atom is -0.322 e.